The predicted molar refractivity (Wildman–Crippen MR) is 85.6 cm³/mol. The van der Waals surface area contributed by atoms with Gasteiger partial charge in [-0.25, -0.2) is 0 Å². The summed E-state index contributed by atoms with van der Waals surface area (Å²) in [4.78, 5) is 22.4. The zero-order chi connectivity index (χ0) is 17.0. The molecule has 0 unspecified atom stereocenters. The van der Waals surface area contributed by atoms with Crippen molar-refractivity contribution < 1.29 is 19.2 Å². The normalized spacial score (nSPS) is 10.0. The van der Waals surface area contributed by atoms with Crippen LogP contribution in [0.25, 0.3) is 0 Å². The van der Waals surface area contributed by atoms with Crippen LogP contribution >= 0.6 is 11.6 Å². The van der Waals surface area contributed by atoms with E-state index in [-0.39, 0.29) is 16.3 Å². The molecule has 0 fully saturated rings. The molecule has 0 atom stereocenters. The molecule has 0 aromatic heterocycles. The van der Waals surface area contributed by atoms with E-state index in [0.717, 1.165) is 6.07 Å². The second-order valence-electron chi connectivity index (χ2n) is 4.48. The number of carbonyl (C=O) groups is 1. The number of nitro benzene ring substituents is 1. The molecule has 0 aliphatic carbocycles. The first kappa shape index (κ1) is 16.6. The molecule has 1 amide bonds. The molecule has 0 aliphatic heterocycles. The molecule has 0 bridgehead atoms. The number of anilines is 1. The van der Waals surface area contributed by atoms with E-state index in [9.17, 15) is 14.9 Å². The summed E-state index contributed by atoms with van der Waals surface area (Å²) >= 11 is 5.94. The number of nitrogens with one attached hydrogen (secondary N) is 1. The summed E-state index contributed by atoms with van der Waals surface area (Å²) in [6.07, 6.45) is 0. The summed E-state index contributed by atoms with van der Waals surface area (Å²) in [5.41, 5.74) is 0.384. The average Bonchev–Trinajstić information content (AvgIpc) is 2.53. The second kappa shape index (κ2) is 6.97. The Morgan fingerprint density at radius 1 is 1.13 bits per heavy atom. The van der Waals surface area contributed by atoms with Gasteiger partial charge in [0.2, 0.25) is 0 Å². The molecule has 0 spiro atoms. The lowest BCUT2D eigenvalue weighted by Crippen LogP contribution is -2.12. The standard InChI is InChI=1S/C15H13ClN2O5/c1-22-11-5-9(6-12(8-11)23-2)17-15(19)13-4-3-10(18(20)21)7-14(13)16/h3-8H,1-2H3,(H,17,19). The maximum absolute atomic E-state index is 12.3. The number of benzene rings is 2. The molecule has 7 nitrogen and oxygen atoms in total. The molecule has 0 saturated carbocycles. The number of carbonyl (C=O) groups excluding carboxylic acids is 1. The number of hydrogen-bond acceptors (Lipinski definition) is 5. The highest BCUT2D eigenvalue weighted by Crippen LogP contribution is 2.27. The molecule has 0 radical (unpaired) electrons. The van der Waals surface area contributed by atoms with Crippen LogP contribution in [0.2, 0.25) is 5.02 Å². The first-order chi connectivity index (χ1) is 10.9. The number of ether oxygens (including phenoxy) is 2. The summed E-state index contributed by atoms with van der Waals surface area (Å²) in [5, 5.41) is 13.3. The van der Waals surface area contributed by atoms with Crippen molar-refractivity contribution in [2.45, 2.75) is 0 Å². The molecule has 0 heterocycles. The van der Waals surface area contributed by atoms with Gasteiger partial charge in [-0.1, -0.05) is 11.6 Å². The van der Waals surface area contributed by atoms with Gasteiger partial charge in [0.1, 0.15) is 11.5 Å². The van der Waals surface area contributed by atoms with Crippen molar-refractivity contribution in [3.05, 3.63) is 57.1 Å². The van der Waals surface area contributed by atoms with Crippen molar-refractivity contribution in [2.24, 2.45) is 0 Å². The third kappa shape index (κ3) is 3.89. The van der Waals surface area contributed by atoms with Crippen molar-refractivity contribution in [2.75, 3.05) is 19.5 Å². The lowest BCUT2D eigenvalue weighted by atomic mass is 10.2. The average molecular weight is 337 g/mol. The van der Waals surface area contributed by atoms with Crippen LogP contribution < -0.4 is 14.8 Å². The molecule has 2 rings (SSSR count). The van der Waals surface area contributed by atoms with Crippen LogP contribution in [-0.2, 0) is 0 Å². The molecule has 1 N–H and O–H groups in total. The van der Waals surface area contributed by atoms with E-state index < -0.39 is 10.8 Å². The van der Waals surface area contributed by atoms with Gasteiger partial charge in [-0.15, -0.1) is 0 Å². The fraction of sp³-hybridized carbons (Fsp3) is 0.133. The minimum absolute atomic E-state index is 0.00781. The van der Waals surface area contributed by atoms with Gasteiger partial charge < -0.3 is 14.8 Å². The van der Waals surface area contributed by atoms with Crippen LogP contribution in [0, 0.1) is 10.1 Å². The fourth-order valence-electron chi connectivity index (χ4n) is 1.88. The highest BCUT2D eigenvalue weighted by atomic mass is 35.5. The predicted octanol–water partition coefficient (Wildman–Crippen LogP) is 3.52. The molecular formula is C15H13ClN2O5. The van der Waals surface area contributed by atoms with Crippen molar-refractivity contribution in [3.8, 4) is 11.5 Å². The number of hydrogen-bond donors (Lipinski definition) is 1. The van der Waals surface area contributed by atoms with Crippen LogP contribution in [0.5, 0.6) is 11.5 Å². The molecule has 2 aromatic carbocycles. The van der Waals surface area contributed by atoms with Gasteiger partial charge in [0.05, 0.1) is 29.7 Å². The molecule has 8 heteroatoms. The van der Waals surface area contributed by atoms with Gasteiger partial charge in [-0.3, -0.25) is 14.9 Å². The van der Waals surface area contributed by atoms with Crippen LogP contribution in [-0.4, -0.2) is 25.1 Å². The molecule has 120 valence electrons. The summed E-state index contributed by atoms with van der Waals surface area (Å²) in [6, 6.07) is 8.52. The first-order valence-corrected chi connectivity index (χ1v) is 6.80. The zero-order valence-electron chi connectivity index (χ0n) is 12.3. The second-order valence-corrected chi connectivity index (χ2v) is 4.88. The van der Waals surface area contributed by atoms with Crippen LogP contribution in [0.4, 0.5) is 11.4 Å². The largest absolute Gasteiger partial charge is 0.497 e. The van der Waals surface area contributed by atoms with Gasteiger partial charge in [-0.05, 0) is 6.07 Å². The molecule has 0 saturated heterocycles. The van der Waals surface area contributed by atoms with E-state index in [0.29, 0.717) is 17.2 Å². The number of nitrogens with zero attached hydrogens (tertiary/aromatic N) is 1. The highest BCUT2D eigenvalue weighted by Gasteiger charge is 2.15. The minimum Gasteiger partial charge on any atom is -0.497 e. The number of rotatable bonds is 5. The minimum atomic E-state index is -0.583. The maximum atomic E-state index is 12.3. The Labute approximate surface area is 136 Å². The highest BCUT2D eigenvalue weighted by molar-refractivity contribution is 6.34. The van der Waals surface area contributed by atoms with Crippen LogP contribution in [0.1, 0.15) is 10.4 Å². The van der Waals surface area contributed by atoms with Crippen molar-refractivity contribution >= 4 is 28.9 Å². The summed E-state index contributed by atoms with van der Waals surface area (Å²) in [6.45, 7) is 0. The van der Waals surface area contributed by atoms with Gasteiger partial charge in [0, 0.05) is 36.0 Å². The van der Waals surface area contributed by atoms with Crippen molar-refractivity contribution in [1.82, 2.24) is 0 Å². The number of nitro groups is 1. The zero-order valence-corrected chi connectivity index (χ0v) is 13.1. The molecule has 2 aromatic rings. The lowest BCUT2D eigenvalue weighted by Gasteiger charge is -2.10. The Morgan fingerprint density at radius 3 is 2.22 bits per heavy atom. The SMILES string of the molecule is COc1cc(NC(=O)c2ccc([N+](=O)[O-])cc2Cl)cc(OC)c1. The Bertz CT molecular complexity index is 741. The van der Waals surface area contributed by atoms with E-state index in [4.69, 9.17) is 21.1 Å². The third-order valence-electron chi connectivity index (χ3n) is 3.02. The summed E-state index contributed by atoms with van der Waals surface area (Å²) < 4.78 is 10.2. The quantitative estimate of drug-likeness (QED) is 0.666. The van der Waals surface area contributed by atoms with Crippen molar-refractivity contribution in [1.29, 1.82) is 0 Å². The van der Waals surface area contributed by atoms with Gasteiger partial charge in [0.25, 0.3) is 11.6 Å². The summed E-state index contributed by atoms with van der Waals surface area (Å²) in [7, 11) is 2.99. The smallest absolute Gasteiger partial charge is 0.270 e. The number of non-ortho nitro benzene ring substituents is 1. The maximum Gasteiger partial charge on any atom is 0.270 e. The number of halogens is 1. The first-order valence-electron chi connectivity index (χ1n) is 6.43. The van der Waals surface area contributed by atoms with E-state index in [1.807, 2.05) is 0 Å². The van der Waals surface area contributed by atoms with E-state index in [1.165, 1.54) is 26.4 Å². The Morgan fingerprint density at radius 2 is 1.74 bits per heavy atom. The van der Waals surface area contributed by atoms with E-state index in [2.05, 4.69) is 5.32 Å². The summed E-state index contributed by atoms with van der Waals surface area (Å²) in [5.74, 6) is 0.518. The van der Waals surface area contributed by atoms with Gasteiger partial charge >= 0.3 is 0 Å². The fourth-order valence-corrected chi connectivity index (χ4v) is 2.14. The number of amides is 1. The topological polar surface area (TPSA) is 90.7 Å². The Hall–Kier alpha value is -2.80. The van der Waals surface area contributed by atoms with E-state index in [1.54, 1.807) is 18.2 Å². The van der Waals surface area contributed by atoms with Crippen LogP contribution in [0.15, 0.2) is 36.4 Å². The van der Waals surface area contributed by atoms with Crippen molar-refractivity contribution in [3.63, 3.8) is 0 Å². The molecule has 0 aliphatic rings. The van der Waals surface area contributed by atoms with E-state index >= 15 is 0 Å². The Kier molecular flexibility index (Phi) is 5.02. The lowest BCUT2D eigenvalue weighted by molar-refractivity contribution is -0.384. The monoisotopic (exact) mass is 336 g/mol. The third-order valence-corrected chi connectivity index (χ3v) is 3.33. The Balaban J connectivity index is 2.27. The molecular weight excluding hydrogens is 324 g/mol. The van der Waals surface area contributed by atoms with Gasteiger partial charge in [-0.2, -0.15) is 0 Å². The van der Waals surface area contributed by atoms with Gasteiger partial charge in [0.15, 0.2) is 0 Å². The molecule has 23 heavy (non-hydrogen) atoms. The number of methoxy groups -OCH3 is 2. The van der Waals surface area contributed by atoms with Crippen LogP contribution in [0.3, 0.4) is 0 Å².